The number of rotatable bonds is 56. The van der Waals surface area contributed by atoms with Crippen molar-refractivity contribution in [1.82, 2.24) is 5.32 Å². The van der Waals surface area contributed by atoms with E-state index in [-0.39, 0.29) is 0 Å². The Morgan fingerprint density at radius 1 is 0.364 bits per heavy atom. The van der Waals surface area contributed by atoms with Gasteiger partial charge in [0.05, 0.1) is 18.8 Å². The van der Waals surface area contributed by atoms with E-state index < -0.39 is 36.9 Å². The van der Waals surface area contributed by atoms with E-state index in [9.17, 15) is 25.2 Å². The Hall–Kier alpha value is -0.950. The third-order valence-corrected chi connectivity index (χ3v) is 14.5. The highest BCUT2D eigenvalue weighted by molar-refractivity contribution is 5.80. The molecular formula is C60H119NO5. The summed E-state index contributed by atoms with van der Waals surface area (Å²) in [4.78, 5) is 12.6. The van der Waals surface area contributed by atoms with Gasteiger partial charge in [0.1, 0.15) is 12.2 Å². The van der Waals surface area contributed by atoms with Crippen LogP contribution in [-0.2, 0) is 4.79 Å². The van der Waals surface area contributed by atoms with Gasteiger partial charge in [0, 0.05) is 0 Å². The Labute approximate surface area is 412 Å². The zero-order valence-corrected chi connectivity index (χ0v) is 44.7. The van der Waals surface area contributed by atoms with Gasteiger partial charge in [-0.1, -0.05) is 309 Å². The van der Waals surface area contributed by atoms with Gasteiger partial charge in [-0.15, -0.1) is 0 Å². The SMILES string of the molecule is CCCCCCCCCCCCCC/C=C\CCCCCCCCCCCCCCCCCC(O)C(=O)NC(CO)C(O)C(O)CCCCCCCCCCCCCCCCCCCCC. The molecule has 0 aromatic heterocycles. The number of nitrogens with one attached hydrogen (secondary N) is 1. The molecule has 66 heavy (non-hydrogen) atoms. The van der Waals surface area contributed by atoms with Gasteiger partial charge in [0.15, 0.2) is 0 Å². The molecule has 0 aliphatic heterocycles. The van der Waals surface area contributed by atoms with Gasteiger partial charge in [-0.3, -0.25) is 4.79 Å². The minimum Gasteiger partial charge on any atom is -0.394 e. The average Bonchev–Trinajstić information content (AvgIpc) is 3.32. The van der Waals surface area contributed by atoms with E-state index >= 15 is 0 Å². The zero-order valence-electron chi connectivity index (χ0n) is 44.7. The van der Waals surface area contributed by atoms with Crippen molar-refractivity contribution >= 4 is 5.91 Å². The topological polar surface area (TPSA) is 110 Å². The summed E-state index contributed by atoms with van der Waals surface area (Å²) in [5.41, 5.74) is 0. The smallest absolute Gasteiger partial charge is 0.249 e. The van der Waals surface area contributed by atoms with Gasteiger partial charge in [-0.25, -0.2) is 0 Å². The van der Waals surface area contributed by atoms with Crippen molar-refractivity contribution in [3.8, 4) is 0 Å². The first-order valence-electron chi connectivity index (χ1n) is 30.1. The molecule has 0 spiro atoms. The molecule has 0 aromatic carbocycles. The number of aliphatic hydroxyl groups is 4. The predicted octanol–water partition coefficient (Wildman–Crippen LogP) is 17.6. The molecule has 0 aromatic rings. The lowest BCUT2D eigenvalue weighted by Crippen LogP contribution is -2.53. The Morgan fingerprint density at radius 3 is 0.879 bits per heavy atom. The number of carbonyl (C=O) groups is 1. The van der Waals surface area contributed by atoms with Crippen molar-refractivity contribution in [2.24, 2.45) is 0 Å². The van der Waals surface area contributed by atoms with Gasteiger partial charge in [0.25, 0.3) is 0 Å². The average molecular weight is 935 g/mol. The fourth-order valence-electron chi connectivity index (χ4n) is 9.76. The van der Waals surface area contributed by atoms with Crippen molar-refractivity contribution in [2.45, 2.75) is 359 Å². The molecule has 0 aliphatic carbocycles. The molecule has 0 bridgehead atoms. The van der Waals surface area contributed by atoms with Crippen LogP contribution in [0.25, 0.3) is 0 Å². The molecule has 4 atom stereocenters. The van der Waals surface area contributed by atoms with Gasteiger partial charge < -0.3 is 25.7 Å². The molecule has 0 saturated carbocycles. The molecule has 5 N–H and O–H groups in total. The maximum atomic E-state index is 12.6. The number of allylic oxidation sites excluding steroid dienone is 2. The van der Waals surface area contributed by atoms with Gasteiger partial charge in [-0.2, -0.15) is 0 Å². The summed E-state index contributed by atoms with van der Waals surface area (Å²) in [6.07, 6.45) is 65.8. The first-order valence-corrected chi connectivity index (χ1v) is 30.1. The number of aliphatic hydroxyl groups excluding tert-OH is 4. The van der Waals surface area contributed by atoms with Crippen LogP contribution in [0.3, 0.4) is 0 Å². The largest absolute Gasteiger partial charge is 0.394 e. The van der Waals surface area contributed by atoms with Gasteiger partial charge in [0.2, 0.25) is 5.91 Å². The first-order chi connectivity index (χ1) is 32.5. The second-order valence-corrected chi connectivity index (χ2v) is 21.1. The normalized spacial score (nSPS) is 13.7. The summed E-state index contributed by atoms with van der Waals surface area (Å²) in [7, 11) is 0. The molecule has 6 heteroatoms. The van der Waals surface area contributed by atoms with E-state index in [4.69, 9.17) is 0 Å². The highest BCUT2D eigenvalue weighted by Gasteiger charge is 2.28. The van der Waals surface area contributed by atoms with Crippen LogP contribution in [0.4, 0.5) is 0 Å². The Morgan fingerprint density at radius 2 is 0.606 bits per heavy atom. The van der Waals surface area contributed by atoms with E-state index in [2.05, 4.69) is 31.3 Å². The molecule has 4 unspecified atom stereocenters. The summed E-state index contributed by atoms with van der Waals surface area (Å²) < 4.78 is 0. The minimum absolute atomic E-state index is 0.374. The third kappa shape index (κ3) is 48.1. The van der Waals surface area contributed by atoms with Crippen LogP contribution >= 0.6 is 0 Å². The molecule has 1 amide bonds. The van der Waals surface area contributed by atoms with Gasteiger partial charge >= 0.3 is 0 Å². The van der Waals surface area contributed by atoms with Crippen LogP contribution < -0.4 is 5.32 Å². The number of hydrogen-bond donors (Lipinski definition) is 5. The fraction of sp³-hybridized carbons (Fsp3) is 0.950. The van der Waals surface area contributed by atoms with E-state index in [1.165, 1.54) is 270 Å². The lowest BCUT2D eigenvalue weighted by Gasteiger charge is -2.27. The molecule has 0 saturated heterocycles. The van der Waals surface area contributed by atoms with E-state index in [1.807, 2.05) is 0 Å². The minimum atomic E-state index is -1.26. The van der Waals surface area contributed by atoms with Crippen molar-refractivity contribution in [3.05, 3.63) is 12.2 Å². The van der Waals surface area contributed by atoms with Gasteiger partial charge in [-0.05, 0) is 38.5 Å². The lowest BCUT2D eigenvalue weighted by atomic mass is 9.99. The van der Waals surface area contributed by atoms with Crippen LogP contribution in [0.1, 0.15) is 335 Å². The molecular weight excluding hydrogens is 815 g/mol. The van der Waals surface area contributed by atoms with Crippen molar-refractivity contribution in [3.63, 3.8) is 0 Å². The van der Waals surface area contributed by atoms with Crippen LogP contribution in [0.2, 0.25) is 0 Å². The van der Waals surface area contributed by atoms with Crippen molar-refractivity contribution in [2.75, 3.05) is 6.61 Å². The highest BCUT2D eigenvalue weighted by atomic mass is 16.3. The van der Waals surface area contributed by atoms with E-state index in [0.29, 0.717) is 12.8 Å². The summed E-state index contributed by atoms with van der Waals surface area (Å²) in [5, 5.41) is 44.1. The van der Waals surface area contributed by atoms with Crippen LogP contribution in [-0.4, -0.2) is 57.3 Å². The molecule has 0 rings (SSSR count). The quantitative estimate of drug-likeness (QED) is 0.0308. The fourth-order valence-corrected chi connectivity index (χ4v) is 9.76. The van der Waals surface area contributed by atoms with Crippen LogP contribution in [0.5, 0.6) is 0 Å². The Bertz CT molecular complexity index is 959. The Kier molecular flexibility index (Phi) is 54.2. The van der Waals surface area contributed by atoms with Crippen LogP contribution in [0, 0.1) is 0 Å². The maximum Gasteiger partial charge on any atom is 0.249 e. The molecule has 0 radical (unpaired) electrons. The number of carbonyl (C=O) groups excluding carboxylic acids is 1. The van der Waals surface area contributed by atoms with Crippen molar-refractivity contribution < 1.29 is 25.2 Å². The number of unbranched alkanes of at least 4 members (excludes halogenated alkanes) is 45. The second-order valence-electron chi connectivity index (χ2n) is 21.1. The molecule has 0 fully saturated rings. The molecule has 0 heterocycles. The third-order valence-electron chi connectivity index (χ3n) is 14.5. The maximum absolute atomic E-state index is 12.6. The first kappa shape index (κ1) is 65.0. The lowest BCUT2D eigenvalue weighted by molar-refractivity contribution is -0.132. The summed E-state index contributed by atoms with van der Waals surface area (Å²) in [6, 6.07) is -0.983. The standard InChI is InChI=1S/C60H119NO5/c1-3-5-7-9-11-13-15-17-19-21-23-24-25-26-27-28-29-30-31-32-33-34-36-38-40-42-44-46-48-50-52-54-58(64)60(66)61-56(55-62)59(65)57(63)53-51-49-47-45-43-41-39-37-35-22-20-18-16-14-12-10-8-6-4-2/h26-27,56-59,62-65H,3-25,28-55H2,1-2H3,(H,61,66)/b27-26-. The zero-order chi connectivity index (χ0) is 48.1. The van der Waals surface area contributed by atoms with Crippen molar-refractivity contribution in [1.29, 1.82) is 0 Å². The number of hydrogen-bond acceptors (Lipinski definition) is 5. The second kappa shape index (κ2) is 55.0. The van der Waals surface area contributed by atoms with E-state index in [0.717, 1.165) is 38.5 Å². The molecule has 0 aliphatic rings. The molecule has 6 nitrogen and oxygen atoms in total. The molecule has 394 valence electrons. The summed E-state index contributed by atoms with van der Waals surface area (Å²) in [5.74, 6) is -0.577. The van der Waals surface area contributed by atoms with E-state index in [1.54, 1.807) is 0 Å². The highest BCUT2D eigenvalue weighted by Crippen LogP contribution is 2.19. The summed E-state index contributed by atoms with van der Waals surface area (Å²) >= 11 is 0. The number of amides is 1. The summed E-state index contributed by atoms with van der Waals surface area (Å²) in [6.45, 7) is 4.10. The Balaban J connectivity index is 3.56. The monoisotopic (exact) mass is 934 g/mol. The predicted molar refractivity (Wildman–Crippen MR) is 288 cm³/mol. The van der Waals surface area contributed by atoms with Crippen LogP contribution in [0.15, 0.2) is 12.2 Å².